The largest absolute Gasteiger partial charge is 0.481 e. The summed E-state index contributed by atoms with van der Waals surface area (Å²) in [6.07, 6.45) is -0.749. The van der Waals surface area contributed by atoms with Gasteiger partial charge in [0.2, 0.25) is 0 Å². The Kier molecular flexibility index (Phi) is 6.77. The van der Waals surface area contributed by atoms with E-state index >= 15 is 0 Å². The van der Waals surface area contributed by atoms with Gasteiger partial charge in [-0.1, -0.05) is 23.7 Å². The van der Waals surface area contributed by atoms with Gasteiger partial charge in [0.15, 0.2) is 6.10 Å². The first kappa shape index (κ1) is 21.1. The third kappa shape index (κ3) is 5.08. The average Bonchev–Trinajstić information content (AvgIpc) is 2.72. The third-order valence-corrected chi connectivity index (χ3v) is 5.40. The zero-order valence-electron chi connectivity index (χ0n) is 16.8. The van der Waals surface area contributed by atoms with Crippen LogP contribution in [0.25, 0.3) is 0 Å². The summed E-state index contributed by atoms with van der Waals surface area (Å²) < 4.78 is 11.1. The maximum atomic E-state index is 12.8. The number of carbonyl (C=O) groups is 2. The van der Waals surface area contributed by atoms with Crippen molar-refractivity contribution in [2.45, 2.75) is 26.9 Å². The number of morpholine rings is 1. The standard InChI is InChI=1S/C22H25ClN2O4/c1-14-12-17(13-15(2)20(14)23)29-16(3)21(26)24-19-7-5-4-6-18(19)22(27)25-8-10-28-11-9-25/h4-7,12-13,16H,8-11H2,1-3H3,(H,24,26)/t16-/m1/s1. The summed E-state index contributed by atoms with van der Waals surface area (Å²) in [5.74, 6) is 0.115. The lowest BCUT2D eigenvalue weighted by Gasteiger charge is -2.27. The van der Waals surface area contributed by atoms with Gasteiger partial charge >= 0.3 is 0 Å². The first-order valence-corrected chi connectivity index (χ1v) is 9.95. The van der Waals surface area contributed by atoms with Gasteiger partial charge in [0.25, 0.3) is 11.8 Å². The molecule has 0 aromatic heterocycles. The number of nitrogens with one attached hydrogen (secondary N) is 1. The molecule has 0 spiro atoms. The number of amides is 2. The van der Waals surface area contributed by atoms with Gasteiger partial charge in [-0.3, -0.25) is 9.59 Å². The van der Waals surface area contributed by atoms with Crippen LogP contribution in [0.5, 0.6) is 5.75 Å². The maximum Gasteiger partial charge on any atom is 0.265 e. The number of anilines is 1. The first-order valence-electron chi connectivity index (χ1n) is 9.57. The van der Waals surface area contributed by atoms with E-state index in [4.69, 9.17) is 21.1 Å². The van der Waals surface area contributed by atoms with Gasteiger partial charge in [-0.15, -0.1) is 0 Å². The van der Waals surface area contributed by atoms with Crippen LogP contribution < -0.4 is 10.1 Å². The van der Waals surface area contributed by atoms with Crippen LogP contribution in [0.3, 0.4) is 0 Å². The molecule has 0 aliphatic carbocycles. The van der Waals surface area contributed by atoms with Crippen LogP contribution in [-0.2, 0) is 9.53 Å². The number of aryl methyl sites for hydroxylation is 2. The second-order valence-corrected chi connectivity index (χ2v) is 7.45. The minimum atomic E-state index is -0.749. The fraction of sp³-hybridized carbons (Fsp3) is 0.364. The van der Waals surface area contributed by atoms with E-state index in [1.165, 1.54) is 0 Å². The molecule has 0 saturated carbocycles. The molecule has 1 heterocycles. The van der Waals surface area contributed by atoms with Crippen LogP contribution >= 0.6 is 11.6 Å². The van der Waals surface area contributed by atoms with Gasteiger partial charge in [-0.05, 0) is 56.2 Å². The third-order valence-electron chi connectivity index (χ3n) is 4.81. The molecular weight excluding hydrogens is 392 g/mol. The topological polar surface area (TPSA) is 67.9 Å². The molecule has 3 rings (SSSR count). The van der Waals surface area contributed by atoms with Crippen molar-refractivity contribution in [1.82, 2.24) is 4.90 Å². The normalized spacial score (nSPS) is 15.0. The summed E-state index contributed by atoms with van der Waals surface area (Å²) in [5, 5.41) is 3.51. The van der Waals surface area contributed by atoms with Crippen molar-refractivity contribution in [3.8, 4) is 5.75 Å². The Labute approximate surface area is 175 Å². The number of carbonyl (C=O) groups excluding carboxylic acids is 2. The number of halogens is 1. The zero-order chi connectivity index (χ0) is 21.0. The quantitative estimate of drug-likeness (QED) is 0.804. The molecule has 0 unspecified atom stereocenters. The van der Waals surface area contributed by atoms with Crippen LogP contribution in [-0.4, -0.2) is 49.1 Å². The van der Waals surface area contributed by atoms with Gasteiger partial charge in [0.1, 0.15) is 5.75 Å². The predicted octanol–water partition coefficient (Wildman–Crippen LogP) is 3.84. The molecule has 1 aliphatic rings. The van der Waals surface area contributed by atoms with E-state index in [0.717, 1.165) is 11.1 Å². The summed E-state index contributed by atoms with van der Waals surface area (Å²) >= 11 is 6.19. The molecule has 1 N–H and O–H groups in total. The Morgan fingerprint density at radius 3 is 2.41 bits per heavy atom. The van der Waals surface area contributed by atoms with E-state index in [1.807, 2.05) is 13.8 Å². The van der Waals surface area contributed by atoms with Gasteiger partial charge in [-0.2, -0.15) is 0 Å². The molecule has 1 aliphatic heterocycles. The molecule has 2 aromatic rings. The molecule has 2 amide bonds. The van der Waals surface area contributed by atoms with Crippen LogP contribution in [0.15, 0.2) is 36.4 Å². The fourth-order valence-electron chi connectivity index (χ4n) is 3.18. The highest BCUT2D eigenvalue weighted by atomic mass is 35.5. The second-order valence-electron chi connectivity index (χ2n) is 7.07. The van der Waals surface area contributed by atoms with Gasteiger partial charge in [-0.25, -0.2) is 0 Å². The van der Waals surface area contributed by atoms with E-state index < -0.39 is 6.10 Å². The highest BCUT2D eigenvalue weighted by molar-refractivity contribution is 6.32. The minimum Gasteiger partial charge on any atom is -0.481 e. The van der Waals surface area contributed by atoms with Gasteiger partial charge < -0.3 is 19.7 Å². The number of benzene rings is 2. The Balaban J connectivity index is 1.71. The van der Waals surface area contributed by atoms with Crippen LogP contribution in [0, 0.1) is 13.8 Å². The molecule has 6 nitrogen and oxygen atoms in total. The summed E-state index contributed by atoms with van der Waals surface area (Å²) in [7, 11) is 0. The molecular formula is C22H25ClN2O4. The molecule has 0 radical (unpaired) electrons. The van der Waals surface area contributed by atoms with E-state index in [9.17, 15) is 9.59 Å². The van der Waals surface area contributed by atoms with Crippen LogP contribution in [0.2, 0.25) is 5.02 Å². The number of hydrogen-bond donors (Lipinski definition) is 1. The lowest BCUT2D eigenvalue weighted by molar-refractivity contribution is -0.122. The highest BCUT2D eigenvalue weighted by Crippen LogP contribution is 2.27. The number of ether oxygens (including phenoxy) is 2. The van der Waals surface area contributed by atoms with Gasteiger partial charge in [0.05, 0.1) is 24.5 Å². The zero-order valence-corrected chi connectivity index (χ0v) is 17.6. The summed E-state index contributed by atoms with van der Waals surface area (Å²) in [6.45, 7) is 7.56. The SMILES string of the molecule is Cc1cc(O[C@H](C)C(=O)Nc2ccccc2C(=O)N2CCOCC2)cc(C)c1Cl. The number of para-hydroxylation sites is 1. The Hall–Kier alpha value is -2.57. The van der Waals surface area contributed by atoms with Crippen molar-refractivity contribution in [3.63, 3.8) is 0 Å². The lowest BCUT2D eigenvalue weighted by atomic mass is 10.1. The van der Waals surface area contributed by atoms with Crippen molar-refractivity contribution in [2.24, 2.45) is 0 Å². The number of rotatable bonds is 5. The first-order chi connectivity index (χ1) is 13.9. The van der Waals surface area contributed by atoms with Crippen molar-refractivity contribution in [1.29, 1.82) is 0 Å². The average molecular weight is 417 g/mol. The number of hydrogen-bond acceptors (Lipinski definition) is 4. The molecule has 1 fully saturated rings. The van der Waals surface area contributed by atoms with E-state index in [0.29, 0.717) is 48.3 Å². The highest BCUT2D eigenvalue weighted by Gasteiger charge is 2.23. The van der Waals surface area contributed by atoms with Crippen molar-refractivity contribution >= 4 is 29.1 Å². The van der Waals surface area contributed by atoms with Crippen molar-refractivity contribution in [3.05, 3.63) is 58.1 Å². The fourth-order valence-corrected chi connectivity index (χ4v) is 3.29. The summed E-state index contributed by atoms with van der Waals surface area (Å²) in [5.41, 5.74) is 2.69. The summed E-state index contributed by atoms with van der Waals surface area (Å²) in [4.78, 5) is 27.3. The Morgan fingerprint density at radius 1 is 1.14 bits per heavy atom. The van der Waals surface area contributed by atoms with Crippen LogP contribution in [0.1, 0.15) is 28.4 Å². The van der Waals surface area contributed by atoms with Crippen molar-refractivity contribution in [2.75, 3.05) is 31.6 Å². The number of nitrogens with zero attached hydrogens (tertiary/aromatic N) is 1. The van der Waals surface area contributed by atoms with Crippen molar-refractivity contribution < 1.29 is 19.1 Å². The summed E-state index contributed by atoms with van der Waals surface area (Å²) in [6, 6.07) is 10.6. The molecule has 1 saturated heterocycles. The molecule has 29 heavy (non-hydrogen) atoms. The van der Waals surface area contributed by atoms with Gasteiger partial charge in [0, 0.05) is 18.1 Å². The Bertz CT molecular complexity index is 886. The second kappa shape index (κ2) is 9.29. The molecule has 7 heteroatoms. The van der Waals surface area contributed by atoms with Crippen LogP contribution in [0.4, 0.5) is 5.69 Å². The molecule has 1 atom stereocenters. The monoisotopic (exact) mass is 416 g/mol. The predicted molar refractivity (Wildman–Crippen MR) is 113 cm³/mol. The lowest BCUT2D eigenvalue weighted by Crippen LogP contribution is -2.41. The Morgan fingerprint density at radius 2 is 1.76 bits per heavy atom. The van der Waals surface area contributed by atoms with E-state index in [1.54, 1.807) is 48.2 Å². The molecule has 154 valence electrons. The van der Waals surface area contributed by atoms with E-state index in [2.05, 4.69) is 5.32 Å². The molecule has 0 bridgehead atoms. The minimum absolute atomic E-state index is 0.123. The smallest absolute Gasteiger partial charge is 0.265 e. The molecule has 2 aromatic carbocycles. The maximum absolute atomic E-state index is 12.8. The van der Waals surface area contributed by atoms with E-state index in [-0.39, 0.29) is 11.8 Å².